The van der Waals surface area contributed by atoms with Crippen LogP contribution in [-0.4, -0.2) is 21.2 Å². The van der Waals surface area contributed by atoms with E-state index in [0.29, 0.717) is 11.0 Å². The summed E-state index contributed by atoms with van der Waals surface area (Å²) in [7, 11) is 0. The molecule has 4 nitrogen and oxygen atoms in total. The van der Waals surface area contributed by atoms with Gasteiger partial charge in [0, 0.05) is 5.56 Å². The molecule has 1 aromatic carbocycles. The van der Waals surface area contributed by atoms with Crippen LogP contribution in [0.2, 0.25) is 0 Å². The number of aromatic nitrogens is 3. The highest BCUT2D eigenvalue weighted by Crippen LogP contribution is 2.27. The van der Waals surface area contributed by atoms with Gasteiger partial charge in [0.15, 0.2) is 11.0 Å². The van der Waals surface area contributed by atoms with Crippen molar-refractivity contribution in [2.75, 3.05) is 12.0 Å². The van der Waals surface area contributed by atoms with E-state index >= 15 is 0 Å². The lowest BCUT2D eigenvalue weighted by Crippen LogP contribution is -2.01. The van der Waals surface area contributed by atoms with Crippen LogP contribution in [0.5, 0.6) is 0 Å². The molecule has 1 aliphatic rings. The molecule has 0 radical (unpaired) electrons. The molecule has 0 bridgehead atoms. The summed E-state index contributed by atoms with van der Waals surface area (Å²) < 4.78 is 0. The second-order valence-electron chi connectivity index (χ2n) is 4.34. The third-order valence-corrected chi connectivity index (χ3v) is 3.72. The monoisotopic (exact) mass is 258 g/mol. The van der Waals surface area contributed by atoms with E-state index < -0.39 is 0 Å². The smallest absolute Gasteiger partial charge is 0.224 e. The van der Waals surface area contributed by atoms with Gasteiger partial charge in [0.2, 0.25) is 5.95 Å². The molecule has 0 fully saturated rings. The normalized spacial score (nSPS) is 13.6. The van der Waals surface area contributed by atoms with Gasteiger partial charge in [-0.25, -0.2) is 4.98 Å². The highest BCUT2D eigenvalue weighted by molar-refractivity contribution is 7.98. The van der Waals surface area contributed by atoms with Crippen molar-refractivity contribution in [1.29, 1.82) is 0 Å². The Balaban J connectivity index is 2.06. The maximum absolute atomic E-state index is 5.71. The van der Waals surface area contributed by atoms with Gasteiger partial charge in [0.25, 0.3) is 0 Å². The van der Waals surface area contributed by atoms with E-state index in [1.165, 1.54) is 35.7 Å². The molecule has 18 heavy (non-hydrogen) atoms. The number of thioether (sulfide) groups is 1. The molecular formula is C13H14N4S. The molecule has 1 aromatic heterocycles. The van der Waals surface area contributed by atoms with Gasteiger partial charge in [0.05, 0.1) is 0 Å². The van der Waals surface area contributed by atoms with Crippen LogP contribution in [-0.2, 0) is 12.8 Å². The quantitative estimate of drug-likeness (QED) is 0.837. The Labute approximate surface area is 110 Å². The van der Waals surface area contributed by atoms with Crippen LogP contribution < -0.4 is 5.73 Å². The van der Waals surface area contributed by atoms with E-state index in [1.54, 1.807) is 0 Å². The fourth-order valence-corrected chi connectivity index (χ4v) is 2.67. The van der Waals surface area contributed by atoms with Crippen molar-refractivity contribution in [2.24, 2.45) is 0 Å². The molecule has 0 aliphatic heterocycles. The number of nitrogens with two attached hydrogens (primary N) is 1. The number of hydrogen-bond acceptors (Lipinski definition) is 5. The Bertz CT molecular complexity index is 598. The molecule has 0 atom stereocenters. The molecule has 92 valence electrons. The van der Waals surface area contributed by atoms with E-state index in [1.807, 2.05) is 6.26 Å². The molecule has 1 heterocycles. The predicted octanol–water partition coefficient (Wildman–Crippen LogP) is 2.33. The van der Waals surface area contributed by atoms with E-state index in [9.17, 15) is 0 Å². The molecule has 1 aliphatic carbocycles. The highest BCUT2D eigenvalue weighted by Gasteiger charge is 2.13. The zero-order valence-corrected chi connectivity index (χ0v) is 11.0. The van der Waals surface area contributed by atoms with Crippen LogP contribution >= 0.6 is 11.8 Å². The molecule has 0 amide bonds. The van der Waals surface area contributed by atoms with Gasteiger partial charge >= 0.3 is 0 Å². The summed E-state index contributed by atoms with van der Waals surface area (Å²) in [6.07, 6.45) is 5.51. The molecule has 0 saturated heterocycles. The van der Waals surface area contributed by atoms with Gasteiger partial charge in [-0.1, -0.05) is 23.9 Å². The maximum atomic E-state index is 5.71. The molecular weight excluding hydrogens is 244 g/mol. The third-order valence-electron chi connectivity index (χ3n) is 3.17. The number of benzene rings is 1. The fraction of sp³-hybridized carbons (Fsp3) is 0.308. The summed E-state index contributed by atoms with van der Waals surface area (Å²) >= 11 is 1.48. The standard InChI is InChI=1S/C13H14N4S/c1-18-13-16-11(15-12(14)17-13)10-6-5-8-3-2-4-9(8)7-10/h5-7H,2-4H2,1H3,(H2,14,15,16,17). The summed E-state index contributed by atoms with van der Waals surface area (Å²) in [5.74, 6) is 0.950. The summed E-state index contributed by atoms with van der Waals surface area (Å²) in [5.41, 5.74) is 9.60. The average Bonchev–Trinajstić information content (AvgIpc) is 2.85. The number of fused-ring (bicyclic) bond motifs is 1. The minimum atomic E-state index is 0.282. The zero-order chi connectivity index (χ0) is 12.5. The van der Waals surface area contributed by atoms with Gasteiger partial charge < -0.3 is 5.73 Å². The van der Waals surface area contributed by atoms with E-state index in [2.05, 4.69) is 33.2 Å². The van der Waals surface area contributed by atoms with Gasteiger partial charge in [-0.2, -0.15) is 9.97 Å². The van der Waals surface area contributed by atoms with Crippen molar-refractivity contribution in [1.82, 2.24) is 15.0 Å². The number of nitrogen functional groups attached to an aromatic ring is 1. The Morgan fingerprint density at radius 2 is 1.94 bits per heavy atom. The fourth-order valence-electron chi connectivity index (χ4n) is 2.30. The first kappa shape index (κ1) is 11.5. The van der Waals surface area contributed by atoms with Gasteiger partial charge in [-0.3, -0.25) is 0 Å². The van der Waals surface area contributed by atoms with Crippen molar-refractivity contribution >= 4 is 17.7 Å². The molecule has 3 rings (SSSR count). The van der Waals surface area contributed by atoms with Crippen molar-refractivity contribution in [3.8, 4) is 11.4 Å². The van der Waals surface area contributed by atoms with Gasteiger partial charge in [-0.15, -0.1) is 0 Å². The Morgan fingerprint density at radius 1 is 1.11 bits per heavy atom. The second-order valence-corrected chi connectivity index (χ2v) is 5.11. The van der Waals surface area contributed by atoms with Crippen LogP contribution in [0, 0.1) is 0 Å². The zero-order valence-electron chi connectivity index (χ0n) is 10.2. The van der Waals surface area contributed by atoms with Crippen LogP contribution in [0.4, 0.5) is 5.95 Å². The van der Waals surface area contributed by atoms with Crippen LogP contribution in [0.3, 0.4) is 0 Å². The molecule has 0 saturated carbocycles. The number of aryl methyl sites for hydroxylation is 2. The molecule has 5 heteroatoms. The summed E-state index contributed by atoms with van der Waals surface area (Å²) in [5, 5.41) is 0.665. The SMILES string of the molecule is CSc1nc(N)nc(-c2ccc3c(c2)CCC3)n1. The largest absolute Gasteiger partial charge is 0.368 e. The topological polar surface area (TPSA) is 64.7 Å². The maximum Gasteiger partial charge on any atom is 0.224 e. The molecule has 0 unspecified atom stereocenters. The lowest BCUT2D eigenvalue weighted by atomic mass is 10.1. The van der Waals surface area contributed by atoms with Crippen LogP contribution in [0.15, 0.2) is 23.4 Å². The summed E-state index contributed by atoms with van der Waals surface area (Å²) in [6.45, 7) is 0. The van der Waals surface area contributed by atoms with Crippen molar-refractivity contribution in [2.45, 2.75) is 24.4 Å². The minimum absolute atomic E-state index is 0.282. The van der Waals surface area contributed by atoms with Gasteiger partial charge in [0.1, 0.15) is 0 Å². The lowest BCUT2D eigenvalue weighted by Gasteiger charge is -2.05. The van der Waals surface area contributed by atoms with E-state index in [0.717, 1.165) is 12.0 Å². The van der Waals surface area contributed by atoms with Crippen LogP contribution in [0.1, 0.15) is 17.5 Å². The molecule has 0 spiro atoms. The molecule has 2 N–H and O–H groups in total. The van der Waals surface area contributed by atoms with Crippen LogP contribution in [0.25, 0.3) is 11.4 Å². The Morgan fingerprint density at radius 3 is 2.78 bits per heavy atom. The Hall–Kier alpha value is -1.62. The van der Waals surface area contributed by atoms with Crippen molar-refractivity contribution in [3.63, 3.8) is 0 Å². The van der Waals surface area contributed by atoms with E-state index in [-0.39, 0.29) is 5.95 Å². The minimum Gasteiger partial charge on any atom is -0.368 e. The predicted molar refractivity (Wildman–Crippen MR) is 73.5 cm³/mol. The first-order chi connectivity index (χ1) is 8.76. The summed E-state index contributed by atoms with van der Waals surface area (Å²) in [4.78, 5) is 12.7. The average molecular weight is 258 g/mol. The van der Waals surface area contributed by atoms with Gasteiger partial charge in [-0.05, 0) is 42.7 Å². The first-order valence-electron chi connectivity index (χ1n) is 5.94. The van der Waals surface area contributed by atoms with Crippen molar-refractivity contribution in [3.05, 3.63) is 29.3 Å². The molecule has 2 aromatic rings. The third kappa shape index (κ3) is 2.06. The highest BCUT2D eigenvalue weighted by atomic mass is 32.2. The van der Waals surface area contributed by atoms with E-state index in [4.69, 9.17) is 5.73 Å². The second kappa shape index (κ2) is 4.57. The van der Waals surface area contributed by atoms with Crippen molar-refractivity contribution < 1.29 is 0 Å². The Kier molecular flexibility index (Phi) is 2.91. The number of rotatable bonds is 2. The number of anilines is 1. The lowest BCUT2D eigenvalue weighted by molar-refractivity contribution is 0.911. The first-order valence-corrected chi connectivity index (χ1v) is 7.16. The summed E-state index contributed by atoms with van der Waals surface area (Å²) in [6, 6.07) is 6.43. The number of nitrogens with zero attached hydrogens (tertiary/aromatic N) is 3. The number of hydrogen-bond donors (Lipinski definition) is 1.